The van der Waals surface area contributed by atoms with Gasteiger partial charge in [0.2, 0.25) is 0 Å². The van der Waals surface area contributed by atoms with E-state index in [-0.39, 0.29) is 37.8 Å². The van der Waals surface area contributed by atoms with Crippen LogP contribution in [-0.4, -0.2) is 47.4 Å². The van der Waals surface area contributed by atoms with Crippen molar-refractivity contribution in [1.29, 1.82) is 0 Å². The van der Waals surface area contributed by atoms with Gasteiger partial charge in [-0.3, -0.25) is 10.1 Å². The Balaban J connectivity index is 1.14. The molecule has 11 heteroatoms. The molecule has 0 spiro atoms. The zero-order valence-electron chi connectivity index (χ0n) is 21.6. The second-order valence-electron chi connectivity index (χ2n) is 9.28. The lowest BCUT2D eigenvalue weighted by atomic mass is 9.98. The minimum atomic E-state index is -1.21. The Morgan fingerprint density at radius 2 is 1.50 bits per heavy atom. The van der Waals surface area contributed by atoms with Crippen molar-refractivity contribution in [3.8, 4) is 11.1 Å². The number of amides is 2. The number of fused-ring (bicyclic) bond motifs is 3. The van der Waals surface area contributed by atoms with Crippen LogP contribution in [0.2, 0.25) is 0 Å². The number of carbonyl (C=O) groups is 3. The Bertz CT molecular complexity index is 1330. The summed E-state index contributed by atoms with van der Waals surface area (Å²) >= 11 is 0. The number of nitrogens with one attached hydrogen (secondary N) is 2. The van der Waals surface area contributed by atoms with Crippen LogP contribution in [0.15, 0.2) is 72.8 Å². The fourth-order valence-electron chi connectivity index (χ4n) is 4.62. The third kappa shape index (κ3) is 7.13. The SMILES string of the molecule is O=C(NCCCC[C@H](NC(=O)OCc1ccc([N+](=O)[O-])cc1)C(=O)O)OCC1c2ccccc2-c2ccccc21. The van der Waals surface area contributed by atoms with E-state index in [1.54, 1.807) is 0 Å². The van der Waals surface area contributed by atoms with Gasteiger partial charge in [-0.15, -0.1) is 0 Å². The highest BCUT2D eigenvalue weighted by molar-refractivity contribution is 5.80. The normalized spacial score (nSPS) is 12.5. The van der Waals surface area contributed by atoms with E-state index in [1.165, 1.54) is 24.3 Å². The molecule has 1 atom stereocenters. The van der Waals surface area contributed by atoms with Crippen LogP contribution in [0.1, 0.15) is 41.9 Å². The van der Waals surface area contributed by atoms with Crippen molar-refractivity contribution in [2.45, 2.75) is 37.8 Å². The van der Waals surface area contributed by atoms with Gasteiger partial charge in [0.1, 0.15) is 19.3 Å². The Morgan fingerprint density at radius 3 is 2.10 bits per heavy atom. The van der Waals surface area contributed by atoms with Crippen molar-refractivity contribution in [3.05, 3.63) is 99.6 Å². The molecule has 3 aromatic carbocycles. The van der Waals surface area contributed by atoms with Crippen LogP contribution in [0, 0.1) is 10.1 Å². The number of rotatable bonds is 12. The van der Waals surface area contributed by atoms with E-state index in [0.29, 0.717) is 18.4 Å². The summed E-state index contributed by atoms with van der Waals surface area (Å²) < 4.78 is 10.5. The summed E-state index contributed by atoms with van der Waals surface area (Å²) in [6, 6.07) is 20.4. The number of nitro benzene ring substituents is 1. The lowest BCUT2D eigenvalue weighted by Crippen LogP contribution is -2.41. The fourth-order valence-corrected chi connectivity index (χ4v) is 4.62. The first kappa shape index (κ1) is 28.1. The van der Waals surface area contributed by atoms with Gasteiger partial charge in [-0.25, -0.2) is 14.4 Å². The first-order valence-electron chi connectivity index (χ1n) is 12.8. The average Bonchev–Trinajstić information content (AvgIpc) is 3.28. The van der Waals surface area contributed by atoms with E-state index >= 15 is 0 Å². The second-order valence-corrected chi connectivity index (χ2v) is 9.28. The van der Waals surface area contributed by atoms with Crippen molar-refractivity contribution in [1.82, 2.24) is 10.6 Å². The van der Waals surface area contributed by atoms with Gasteiger partial charge >= 0.3 is 18.2 Å². The Labute approximate surface area is 230 Å². The first-order chi connectivity index (χ1) is 19.3. The highest BCUT2D eigenvalue weighted by Gasteiger charge is 2.29. The molecule has 208 valence electrons. The third-order valence-corrected chi connectivity index (χ3v) is 6.64. The number of non-ortho nitro benzene ring substituents is 1. The van der Waals surface area contributed by atoms with Crippen LogP contribution in [0.5, 0.6) is 0 Å². The molecule has 4 rings (SSSR count). The van der Waals surface area contributed by atoms with Gasteiger partial charge in [0, 0.05) is 24.6 Å². The number of nitro groups is 1. The average molecular weight is 548 g/mol. The molecule has 3 N–H and O–H groups in total. The predicted octanol–water partition coefficient (Wildman–Crippen LogP) is 4.98. The van der Waals surface area contributed by atoms with E-state index in [2.05, 4.69) is 22.8 Å². The lowest BCUT2D eigenvalue weighted by Gasteiger charge is -2.15. The van der Waals surface area contributed by atoms with Gasteiger partial charge in [-0.2, -0.15) is 0 Å². The maximum absolute atomic E-state index is 12.3. The van der Waals surface area contributed by atoms with Gasteiger partial charge in [0.05, 0.1) is 4.92 Å². The number of hydrogen-bond donors (Lipinski definition) is 3. The molecule has 0 saturated heterocycles. The van der Waals surface area contributed by atoms with Crippen molar-refractivity contribution in [2.75, 3.05) is 13.2 Å². The third-order valence-electron chi connectivity index (χ3n) is 6.64. The van der Waals surface area contributed by atoms with Gasteiger partial charge in [-0.1, -0.05) is 48.5 Å². The molecular weight excluding hydrogens is 518 g/mol. The standard InChI is InChI=1S/C29H29N3O8/c33-27(34)26(31-29(36)39-17-19-12-14-20(15-13-19)32(37)38)11-5-6-16-30-28(35)40-18-25-23-9-3-1-7-21(23)22-8-2-4-10-24(22)25/h1-4,7-10,12-15,25-26H,5-6,11,16-18H2,(H,30,35)(H,31,36)(H,33,34)/t26-/m0/s1. The molecule has 0 unspecified atom stereocenters. The summed E-state index contributed by atoms with van der Waals surface area (Å²) in [7, 11) is 0. The van der Waals surface area contributed by atoms with Crippen LogP contribution in [0.3, 0.4) is 0 Å². The zero-order chi connectivity index (χ0) is 28.5. The number of hydrogen-bond acceptors (Lipinski definition) is 7. The van der Waals surface area contributed by atoms with E-state index in [4.69, 9.17) is 9.47 Å². The molecule has 1 aliphatic carbocycles. The first-order valence-corrected chi connectivity index (χ1v) is 12.8. The number of benzene rings is 3. The molecule has 0 saturated carbocycles. The molecule has 1 aliphatic rings. The summed E-state index contributed by atoms with van der Waals surface area (Å²) in [5.41, 5.74) is 4.96. The molecule has 0 heterocycles. The molecule has 11 nitrogen and oxygen atoms in total. The minimum Gasteiger partial charge on any atom is -0.480 e. The highest BCUT2D eigenvalue weighted by atomic mass is 16.6. The highest BCUT2D eigenvalue weighted by Crippen LogP contribution is 2.44. The maximum Gasteiger partial charge on any atom is 0.408 e. The van der Waals surface area contributed by atoms with Crippen LogP contribution in [0.4, 0.5) is 15.3 Å². The summed E-state index contributed by atoms with van der Waals surface area (Å²) in [6.45, 7) is 0.320. The van der Waals surface area contributed by atoms with Gasteiger partial charge in [0.25, 0.3) is 5.69 Å². The number of aliphatic carboxylic acids is 1. The van der Waals surface area contributed by atoms with Crippen molar-refractivity contribution < 1.29 is 33.9 Å². The number of carbonyl (C=O) groups excluding carboxylic acids is 2. The van der Waals surface area contributed by atoms with Crippen LogP contribution in [0.25, 0.3) is 11.1 Å². The van der Waals surface area contributed by atoms with E-state index in [9.17, 15) is 29.6 Å². The van der Waals surface area contributed by atoms with Crippen LogP contribution < -0.4 is 10.6 Å². The largest absolute Gasteiger partial charge is 0.480 e. The number of carboxylic acids is 1. The Kier molecular flexibility index (Phi) is 9.29. The molecule has 0 bridgehead atoms. The number of nitrogens with zero attached hydrogens (tertiary/aromatic N) is 1. The van der Waals surface area contributed by atoms with E-state index in [1.807, 2.05) is 36.4 Å². The molecule has 2 amide bonds. The van der Waals surface area contributed by atoms with Crippen LogP contribution in [-0.2, 0) is 20.9 Å². The van der Waals surface area contributed by atoms with E-state index < -0.39 is 29.1 Å². The van der Waals surface area contributed by atoms with Gasteiger partial charge in [0.15, 0.2) is 0 Å². The number of carboxylic acid groups (broad SMARTS) is 1. The molecule has 0 radical (unpaired) electrons. The van der Waals surface area contributed by atoms with Crippen LogP contribution >= 0.6 is 0 Å². The summed E-state index contributed by atoms with van der Waals surface area (Å²) in [5.74, 6) is -1.25. The molecular formula is C29H29N3O8. The Hall–Kier alpha value is -4.93. The summed E-state index contributed by atoms with van der Waals surface area (Å²) in [6.07, 6.45) is -0.433. The number of alkyl carbamates (subject to hydrolysis) is 2. The summed E-state index contributed by atoms with van der Waals surface area (Å²) in [4.78, 5) is 46.0. The van der Waals surface area contributed by atoms with Crippen molar-refractivity contribution in [2.24, 2.45) is 0 Å². The second kappa shape index (κ2) is 13.2. The zero-order valence-corrected chi connectivity index (χ0v) is 21.6. The minimum absolute atomic E-state index is 0.0410. The van der Waals surface area contributed by atoms with E-state index in [0.717, 1.165) is 22.3 Å². The lowest BCUT2D eigenvalue weighted by molar-refractivity contribution is -0.384. The maximum atomic E-state index is 12.3. The van der Waals surface area contributed by atoms with Crippen molar-refractivity contribution >= 4 is 23.8 Å². The number of ether oxygens (including phenoxy) is 2. The fraction of sp³-hybridized carbons (Fsp3) is 0.276. The van der Waals surface area contributed by atoms with Crippen molar-refractivity contribution in [3.63, 3.8) is 0 Å². The summed E-state index contributed by atoms with van der Waals surface area (Å²) in [5, 5.41) is 25.1. The molecule has 3 aromatic rings. The van der Waals surface area contributed by atoms with Gasteiger partial charge < -0.3 is 25.2 Å². The quantitative estimate of drug-likeness (QED) is 0.163. The van der Waals surface area contributed by atoms with Gasteiger partial charge in [-0.05, 0) is 59.2 Å². The Morgan fingerprint density at radius 1 is 0.875 bits per heavy atom. The molecule has 0 aromatic heterocycles. The molecule has 0 fully saturated rings. The molecule has 40 heavy (non-hydrogen) atoms. The molecule has 0 aliphatic heterocycles. The number of unbranched alkanes of at least 4 members (excludes halogenated alkanes) is 1. The predicted molar refractivity (Wildman–Crippen MR) is 145 cm³/mol. The monoisotopic (exact) mass is 547 g/mol. The smallest absolute Gasteiger partial charge is 0.408 e. The topological polar surface area (TPSA) is 157 Å².